The molecule has 0 spiro atoms. The lowest BCUT2D eigenvalue weighted by atomic mass is 9.90. The molecule has 5 heteroatoms. The van der Waals surface area contributed by atoms with Gasteiger partial charge in [-0.3, -0.25) is 4.79 Å². The summed E-state index contributed by atoms with van der Waals surface area (Å²) >= 11 is 3.25. The van der Waals surface area contributed by atoms with Gasteiger partial charge < -0.3 is 5.11 Å². The first-order valence-corrected chi connectivity index (χ1v) is 6.92. The van der Waals surface area contributed by atoms with Gasteiger partial charge in [-0.25, -0.2) is 8.78 Å². The normalized spacial score (nSPS) is 26.2. The van der Waals surface area contributed by atoms with E-state index in [0.29, 0.717) is 15.6 Å². The molecule has 1 fully saturated rings. The molecule has 0 heterocycles. The maximum absolute atomic E-state index is 13.4. The van der Waals surface area contributed by atoms with Crippen molar-refractivity contribution in [2.24, 2.45) is 11.8 Å². The zero-order valence-corrected chi connectivity index (χ0v) is 11.5. The Labute approximate surface area is 117 Å². The number of allylic oxidation sites excluding steroid dienone is 2. The van der Waals surface area contributed by atoms with Gasteiger partial charge in [0.15, 0.2) is 23.2 Å². The average molecular weight is 329 g/mol. The van der Waals surface area contributed by atoms with Gasteiger partial charge in [0.05, 0.1) is 4.48 Å². The Morgan fingerprint density at radius 1 is 1.16 bits per heavy atom. The Hall–Kier alpha value is -1.23. The monoisotopic (exact) mass is 328 g/mol. The van der Waals surface area contributed by atoms with Gasteiger partial charge >= 0.3 is 0 Å². The Balaban J connectivity index is 2.13. The molecule has 1 saturated carbocycles. The molecule has 0 amide bonds. The number of carbonyl (C=O) groups is 1. The molecule has 1 aromatic rings. The second-order valence-corrected chi connectivity index (χ2v) is 5.82. The predicted octanol–water partition coefficient (Wildman–Crippen LogP) is 3.78. The summed E-state index contributed by atoms with van der Waals surface area (Å²) in [6.45, 7) is 0. The molecule has 3 rings (SSSR count). The van der Waals surface area contributed by atoms with Crippen molar-refractivity contribution in [3.8, 4) is 5.75 Å². The SMILES string of the molecule is O=C1C(Br)=C(c2cc(F)c(O)c(F)c2)C2CCCC12. The summed E-state index contributed by atoms with van der Waals surface area (Å²) in [5.74, 6) is -3.00. The maximum atomic E-state index is 13.4. The number of hydrogen-bond donors (Lipinski definition) is 1. The van der Waals surface area contributed by atoms with E-state index in [2.05, 4.69) is 15.9 Å². The standard InChI is InChI=1S/C14H11BrF2O2/c15-12-11(7-2-1-3-8(7)13(12)18)6-4-9(16)14(19)10(17)5-6/h4-5,7-8,19H,1-3H2. The van der Waals surface area contributed by atoms with Crippen LogP contribution in [0.2, 0.25) is 0 Å². The molecule has 100 valence electrons. The second kappa shape index (κ2) is 4.40. The van der Waals surface area contributed by atoms with E-state index in [1.165, 1.54) is 0 Å². The number of hydrogen-bond acceptors (Lipinski definition) is 2. The van der Waals surface area contributed by atoms with Crippen molar-refractivity contribution in [3.63, 3.8) is 0 Å². The van der Waals surface area contributed by atoms with Crippen molar-refractivity contribution in [2.45, 2.75) is 19.3 Å². The van der Waals surface area contributed by atoms with Crippen molar-refractivity contribution in [2.75, 3.05) is 0 Å². The second-order valence-electron chi connectivity index (χ2n) is 5.02. The highest BCUT2D eigenvalue weighted by molar-refractivity contribution is 9.12. The van der Waals surface area contributed by atoms with Crippen LogP contribution in [0, 0.1) is 23.5 Å². The van der Waals surface area contributed by atoms with E-state index in [4.69, 9.17) is 5.11 Å². The third-order valence-electron chi connectivity index (χ3n) is 4.00. The van der Waals surface area contributed by atoms with Crippen molar-refractivity contribution in [3.05, 3.63) is 33.8 Å². The smallest absolute Gasteiger partial charge is 0.187 e. The molecule has 0 radical (unpaired) electrons. The Morgan fingerprint density at radius 2 is 1.74 bits per heavy atom. The topological polar surface area (TPSA) is 37.3 Å². The minimum absolute atomic E-state index is 0.0198. The molecule has 0 saturated heterocycles. The molecule has 2 aliphatic rings. The fourth-order valence-corrected chi connectivity index (χ4v) is 3.96. The molecule has 1 aromatic carbocycles. The van der Waals surface area contributed by atoms with Gasteiger partial charge in [-0.05, 0) is 58.0 Å². The first kappa shape index (κ1) is 12.8. The van der Waals surface area contributed by atoms with E-state index >= 15 is 0 Å². The highest BCUT2D eigenvalue weighted by atomic mass is 79.9. The molecule has 2 unspecified atom stereocenters. The summed E-state index contributed by atoms with van der Waals surface area (Å²) in [7, 11) is 0. The fraction of sp³-hybridized carbons (Fsp3) is 0.357. The summed E-state index contributed by atoms with van der Waals surface area (Å²) in [6.07, 6.45) is 2.63. The van der Waals surface area contributed by atoms with Gasteiger partial charge in [-0.1, -0.05) is 6.42 Å². The van der Waals surface area contributed by atoms with Crippen LogP contribution in [-0.2, 0) is 4.79 Å². The number of ketones is 1. The Morgan fingerprint density at radius 3 is 2.37 bits per heavy atom. The number of phenolic OH excluding ortho intramolecular Hbond substituents is 1. The summed E-state index contributed by atoms with van der Waals surface area (Å²) in [4.78, 5) is 12.1. The largest absolute Gasteiger partial charge is 0.503 e. The van der Waals surface area contributed by atoms with Crippen LogP contribution in [0.3, 0.4) is 0 Å². The van der Waals surface area contributed by atoms with E-state index in [0.717, 1.165) is 31.4 Å². The first-order chi connectivity index (χ1) is 9.00. The van der Waals surface area contributed by atoms with Crippen LogP contribution in [-0.4, -0.2) is 10.9 Å². The van der Waals surface area contributed by atoms with E-state index in [1.54, 1.807) is 0 Å². The number of rotatable bonds is 1. The van der Waals surface area contributed by atoms with Crippen molar-refractivity contribution < 1.29 is 18.7 Å². The highest BCUT2D eigenvalue weighted by Crippen LogP contribution is 2.51. The van der Waals surface area contributed by atoms with Crippen LogP contribution in [0.4, 0.5) is 8.78 Å². The van der Waals surface area contributed by atoms with E-state index in [-0.39, 0.29) is 17.6 Å². The maximum Gasteiger partial charge on any atom is 0.187 e. The minimum Gasteiger partial charge on any atom is -0.503 e. The van der Waals surface area contributed by atoms with Crippen LogP contribution < -0.4 is 0 Å². The van der Waals surface area contributed by atoms with Gasteiger partial charge in [0.25, 0.3) is 0 Å². The van der Waals surface area contributed by atoms with Gasteiger partial charge in [0, 0.05) is 5.92 Å². The van der Waals surface area contributed by atoms with Crippen LogP contribution in [0.5, 0.6) is 5.75 Å². The predicted molar refractivity (Wildman–Crippen MR) is 69.7 cm³/mol. The third kappa shape index (κ3) is 1.83. The van der Waals surface area contributed by atoms with Crippen LogP contribution in [0.15, 0.2) is 16.6 Å². The third-order valence-corrected chi connectivity index (χ3v) is 4.82. The molecule has 0 aliphatic heterocycles. The fourth-order valence-electron chi connectivity index (χ4n) is 3.14. The number of benzene rings is 1. The number of fused-ring (bicyclic) bond motifs is 1. The first-order valence-electron chi connectivity index (χ1n) is 6.13. The van der Waals surface area contributed by atoms with Gasteiger partial charge in [0.2, 0.25) is 0 Å². The van der Waals surface area contributed by atoms with Crippen LogP contribution in [0.25, 0.3) is 5.57 Å². The number of halogens is 3. The van der Waals surface area contributed by atoms with Crippen molar-refractivity contribution in [1.82, 2.24) is 0 Å². The number of aromatic hydroxyl groups is 1. The molecule has 2 atom stereocenters. The van der Waals surface area contributed by atoms with Gasteiger partial charge in [-0.2, -0.15) is 0 Å². The van der Waals surface area contributed by atoms with E-state index < -0.39 is 17.4 Å². The van der Waals surface area contributed by atoms with E-state index in [1.807, 2.05) is 0 Å². The summed E-state index contributed by atoms with van der Waals surface area (Å²) in [5.41, 5.74) is 1.01. The van der Waals surface area contributed by atoms with Crippen LogP contribution in [0.1, 0.15) is 24.8 Å². The lowest BCUT2D eigenvalue weighted by molar-refractivity contribution is -0.118. The lowest BCUT2D eigenvalue weighted by Gasteiger charge is -2.14. The quantitative estimate of drug-likeness (QED) is 0.851. The molecular formula is C14H11BrF2O2. The molecule has 2 aliphatic carbocycles. The van der Waals surface area contributed by atoms with Crippen molar-refractivity contribution >= 4 is 27.3 Å². The molecule has 0 bridgehead atoms. The lowest BCUT2D eigenvalue weighted by Crippen LogP contribution is -2.10. The molecule has 0 aromatic heterocycles. The zero-order chi connectivity index (χ0) is 13.7. The summed E-state index contributed by atoms with van der Waals surface area (Å²) in [6, 6.07) is 2.17. The Bertz CT molecular complexity index is 586. The molecule has 19 heavy (non-hydrogen) atoms. The van der Waals surface area contributed by atoms with Gasteiger partial charge in [-0.15, -0.1) is 0 Å². The minimum atomic E-state index is -1.00. The van der Waals surface area contributed by atoms with Crippen molar-refractivity contribution in [1.29, 1.82) is 0 Å². The van der Waals surface area contributed by atoms with Gasteiger partial charge in [0.1, 0.15) is 0 Å². The Kier molecular flexibility index (Phi) is 2.96. The number of Topliss-reactive ketones (excluding diaryl/α,β-unsaturated/α-hetero) is 1. The van der Waals surface area contributed by atoms with E-state index in [9.17, 15) is 13.6 Å². The zero-order valence-electron chi connectivity index (χ0n) is 9.92. The molecule has 1 N–H and O–H groups in total. The summed E-state index contributed by atoms with van der Waals surface area (Å²) in [5, 5.41) is 9.13. The molecular weight excluding hydrogens is 318 g/mol. The summed E-state index contributed by atoms with van der Waals surface area (Å²) < 4.78 is 27.3. The highest BCUT2D eigenvalue weighted by Gasteiger charge is 2.44. The molecule has 2 nitrogen and oxygen atoms in total. The average Bonchev–Trinajstić information content (AvgIpc) is 2.91. The number of carbonyl (C=O) groups excluding carboxylic acids is 1. The number of phenols is 1. The van der Waals surface area contributed by atoms with Crippen LogP contribution >= 0.6 is 15.9 Å².